The summed E-state index contributed by atoms with van der Waals surface area (Å²) in [6.07, 6.45) is 0. The van der Waals surface area contributed by atoms with Gasteiger partial charge < -0.3 is 0 Å². The fourth-order valence-corrected chi connectivity index (χ4v) is 2.26. The summed E-state index contributed by atoms with van der Waals surface area (Å²) in [4.78, 5) is 12.1. The lowest BCUT2D eigenvalue weighted by atomic mass is 10.0. The van der Waals surface area contributed by atoms with E-state index in [1.54, 1.807) is 12.1 Å². The smallest absolute Gasteiger partial charge is 0.194 e. The van der Waals surface area contributed by atoms with Crippen LogP contribution in [0.2, 0.25) is 5.02 Å². The molecule has 1 nitrogen and oxygen atoms in total. The van der Waals surface area contributed by atoms with Crippen LogP contribution in [0, 0.1) is 15.2 Å². The number of carbonyl (C=O) groups excluding carboxylic acids is 1. The fourth-order valence-electron chi connectivity index (χ4n) is 1.51. The Labute approximate surface area is 121 Å². The van der Waals surface area contributed by atoms with Crippen LogP contribution in [0.25, 0.3) is 0 Å². The zero-order chi connectivity index (χ0) is 13.3. The highest BCUT2D eigenvalue weighted by molar-refractivity contribution is 14.1. The summed E-state index contributed by atoms with van der Waals surface area (Å²) in [6.45, 7) is 0. The van der Waals surface area contributed by atoms with Crippen LogP contribution in [0.1, 0.15) is 15.9 Å². The van der Waals surface area contributed by atoms with E-state index in [0.29, 0.717) is 14.2 Å². The maximum absolute atomic E-state index is 13.1. The van der Waals surface area contributed by atoms with Gasteiger partial charge in [-0.3, -0.25) is 4.79 Å². The average Bonchev–Trinajstić information content (AvgIpc) is 2.30. The van der Waals surface area contributed by atoms with Crippen molar-refractivity contribution in [3.8, 4) is 0 Å². The summed E-state index contributed by atoms with van der Waals surface area (Å²) >= 11 is 7.78. The van der Waals surface area contributed by atoms with Crippen molar-refractivity contribution >= 4 is 40.0 Å². The fraction of sp³-hybridized carbons (Fsp3) is 0. The second-order valence-corrected chi connectivity index (χ2v) is 5.21. The van der Waals surface area contributed by atoms with Crippen LogP contribution < -0.4 is 0 Å². The van der Waals surface area contributed by atoms with Gasteiger partial charge in [0.1, 0.15) is 11.6 Å². The minimum absolute atomic E-state index is 0.0346. The molecule has 0 atom stereocenters. The standard InChI is InChI=1S/C13H6ClF2IO/c14-8-1-2-12(17)11(5-8)13(18)7-3-9(15)6-10(16)4-7/h1-6H. The lowest BCUT2D eigenvalue weighted by Gasteiger charge is -2.05. The second kappa shape index (κ2) is 5.32. The SMILES string of the molecule is O=C(c1cc(F)cc(F)c1)c1cc(Cl)ccc1I. The van der Waals surface area contributed by atoms with E-state index in [0.717, 1.165) is 18.2 Å². The van der Waals surface area contributed by atoms with E-state index in [-0.39, 0.29) is 5.56 Å². The molecule has 0 aliphatic heterocycles. The first-order valence-corrected chi connectivity index (χ1v) is 6.39. The van der Waals surface area contributed by atoms with Crippen LogP contribution in [0.15, 0.2) is 36.4 Å². The molecule has 0 saturated carbocycles. The van der Waals surface area contributed by atoms with Crippen LogP contribution >= 0.6 is 34.2 Å². The molecule has 0 aliphatic carbocycles. The van der Waals surface area contributed by atoms with Crippen LogP contribution in [-0.4, -0.2) is 5.78 Å². The molecule has 5 heteroatoms. The summed E-state index contributed by atoms with van der Waals surface area (Å²) in [6, 6.07) is 7.52. The maximum atomic E-state index is 13.1. The van der Waals surface area contributed by atoms with E-state index in [1.165, 1.54) is 6.07 Å². The molecule has 0 N–H and O–H groups in total. The highest BCUT2D eigenvalue weighted by atomic mass is 127. The third kappa shape index (κ3) is 2.87. The summed E-state index contributed by atoms with van der Waals surface area (Å²) in [7, 11) is 0. The Hall–Kier alpha value is -1.01. The predicted octanol–water partition coefficient (Wildman–Crippen LogP) is 4.45. The first-order chi connectivity index (χ1) is 8.47. The van der Waals surface area contributed by atoms with E-state index in [4.69, 9.17) is 11.6 Å². The van der Waals surface area contributed by atoms with Gasteiger partial charge in [0, 0.05) is 25.8 Å². The molecule has 18 heavy (non-hydrogen) atoms. The van der Waals surface area contributed by atoms with Gasteiger partial charge in [0.2, 0.25) is 0 Å². The maximum Gasteiger partial charge on any atom is 0.194 e. The lowest BCUT2D eigenvalue weighted by Crippen LogP contribution is -2.05. The third-order valence-corrected chi connectivity index (χ3v) is 3.47. The Bertz CT molecular complexity index is 608. The topological polar surface area (TPSA) is 17.1 Å². The van der Waals surface area contributed by atoms with Crippen LogP contribution in [0.5, 0.6) is 0 Å². The summed E-state index contributed by atoms with van der Waals surface area (Å²) in [5.41, 5.74) is 0.292. The van der Waals surface area contributed by atoms with Gasteiger partial charge in [0.15, 0.2) is 5.78 Å². The molecule has 0 unspecified atom stereocenters. The van der Waals surface area contributed by atoms with E-state index in [9.17, 15) is 13.6 Å². The molecule has 0 heterocycles. The van der Waals surface area contributed by atoms with Crippen molar-refractivity contribution in [1.82, 2.24) is 0 Å². The summed E-state index contributed by atoms with van der Waals surface area (Å²) < 4.78 is 26.8. The molecule has 0 aliphatic rings. The minimum Gasteiger partial charge on any atom is -0.289 e. The largest absolute Gasteiger partial charge is 0.289 e. The monoisotopic (exact) mass is 378 g/mol. The first-order valence-electron chi connectivity index (χ1n) is 4.93. The number of hydrogen-bond donors (Lipinski definition) is 0. The van der Waals surface area contributed by atoms with Crippen molar-refractivity contribution in [2.24, 2.45) is 0 Å². The molecular weight excluding hydrogens is 372 g/mol. The first kappa shape index (κ1) is 13.4. The van der Waals surface area contributed by atoms with Gasteiger partial charge in [-0.2, -0.15) is 0 Å². The van der Waals surface area contributed by atoms with Crippen LogP contribution in [0.4, 0.5) is 8.78 Å². The van der Waals surface area contributed by atoms with Crippen molar-refractivity contribution in [3.05, 3.63) is 67.8 Å². The lowest BCUT2D eigenvalue weighted by molar-refractivity contribution is 0.103. The van der Waals surface area contributed by atoms with Gasteiger partial charge in [0.25, 0.3) is 0 Å². The van der Waals surface area contributed by atoms with Gasteiger partial charge in [0.05, 0.1) is 0 Å². The summed E-state index contributed by atoms with van der Waals surface area (Å²) in [5, 5.41) is 0.399. The Morgan fingerprint density at radius 3 is 2.28 bits per heavy atom. The molecule has 2 aromatic carbocycles. The van der Waals surface area contributed by atoms with Crippen molar-refractivity contribution in [2.75, 3.05) is 0 Å². The molecular formula is C13H6ClF2IO. The van der Waals surface area contributed by atoms with E-state index < -0.39 is 17.4 Å². The number of ketones is 1. The molecule has 2 aromatic rings. The zero-order valence-corrected chi connectivity index (χ0v) is 11.8. The highest BCUT2D eigenvalue weighted by Crippen LogP contribution is 2.21. The number of hydrogen-bond acceptors (Lipinski definition) is 1. The molecule has 0 bridgehead atoms. The Morgan fingerprint density at radius 2 is 1.67 bits per heavy atom. The van der Waals surface area contributed by atoms with Gasteiger partial charge in [-0.25, -0.2) is 8.78 Å². The molecule has 0 radical (unpaired) electrons. The zero-order valence-electron chi connectivity index (χ0n) is 8.88. The normalized spacial score (nSPS) is 10.4. The molecule has 92 valence electrons. The van der Waals surface area contributed by atoms with E-state index in [2.05, 4.69) is 0 Å². The summed E-state index contributed by atoms with van der Waals surface area (Å²) in [5.74, 6) is -2.02. The van der Waals surface area contributed by atoms with Gasteiger partial charge in [-0.15, -0.1) is 0 Å². The van der Waals surface area contributed by atoms with Crippen molar-refractivity contribution in [3.63, 3.8) is 0 Å². The average molecular weight is 379 g/mol. The van der Waals surface area contributed by atoms with Gasteiger partial charge in [-0.05, 0) is 52.9 Å². The Morgan fingerprint density at radius 1 is 1.06 bits per heavy atom. The van der Waals surface area contributed by atoms with E-state index >= 15 is 0 Å². The molecule has 0 fully saturated rings. The van der Waals surface area contributed by atoms with Crippen molar-refractivity contribution in [2.45, 2.75) is 0 Å². The predicted molar refractivity (Wildman–Crippen MR) is 74.0 cm³/mol. The van der Waals surface area contributed by atoms with Crippen LogP contribution in [-0.2, 0) is 0 Å². The number of halogens is 4. The molecule has 0 saturated heterocycles. The highest BCUT2D eigenvalue weighted by Gasteiger charge is 2.15. The minimum atomic E-state index is -0.782. The third-order valence-electron chi connectivity index (χ3n) is 2.30. The Balaban J connectivity index is 2.51. The number of rotatable bonds is 2. The van der Waals surface area contributed by atoms with Crippen LogP contribution in [0.3, 0.4) is 0 Å². The van der Waals surface area contributed by atoms with Gasteiger partial charge >= 0.3 is 0 Å². The molecule has 0 spiro atoms. The number of benzene rings is 2. The Kier molecular flexibility index (Phi) is 3.97. The second-order valence-electron chi connectivity index (χ2n) is 3.61. The molecule has 0 aromatic heterocycles. The molecule has 2 rings (SSSR count). The quantitative estimate of drug-likeness (QED) is 0.557. The van der Waals surface area contributed by atoms with Crippen molar-refractivity contribution < 1.29 is 13.6 Å². The van der Waals surface area contributed by atoms with Crippen molar-refractivity contribution in [1.29, 1.82) is 0 Å². The molecule has 0 amide bonds. The number of carbonyl (C=O) groups is 1. The van der Waals surface area contributed by atoms with E-state index in [1.807, 2.05) is 22.6 Å². The van der Waals surface area contributed by atoms with Gasteiger partial charge in [-0.1, -0.05) is 11.6 Å².